The minimum atomic E-state index is -4.88. The van der Waals surface area contributed by atoms with Crippen LogP contribution in [0.2, 0.25) is 0 Å². The summed E-state index contributed by atoms with van der Waals surface area (Å²) in [5, 5.41) is 7.94. The minimum absolute atomic E-state index is 0.0463. The van der Waals surface area contributed by atoms with E-state index < -0.39 is 41.5 Å². The molecule has 1 fully saturated rings. The number of hydrogen-bond donors (Lipinski definition) is 0. The van der Waals surface area contributed by atoms with Crippen molar-refractivity contribution in [2.24, 2.45) is 5.92 Å². The van der Waals surface area contributed by atoms with Gasteiger partial charge in [0.2, 0.25) is 5.78 Å². The molecule has 4 rings (SSSR count). The summed E-state index contributed by atoms with van der Waals surface area (Å²) in [6, 6.07) is 13.4. The highest BCUT2D eigenvalue weighted by Crippen LogP contribution is 2.41. The van der Waals surface area contributed by atoms with Crippen LogP contribution in [0.15, 0.2) is 60.7 Å². The number of carbonyl (C=O) groups is 3. The molecule has 0 N–H and O–H groups in total. The fraction of sp³-hybridized carbons (Fsp3) is 0.269. The quantitative estimate of drug-likeness (QED) is 0.272. The summed E-state index contributed by atoms with van der Waals surface area (Å²) in [6.45, 7) is 5.69. The molecule has 0 bridgehead atoms. The molecule has 1 aliphatic rings. The maximum atomic E-state index is 13.5. The van der Waals surface area contributed by atoms with Crippen molar-refractivity contribution in [3.63, 3.8) is 0 Å². The van der Waals surface area contributed by atoms with E-state index in [2.05, 4.69) is 14.9 Å². The predicted molar refractivity (Wildman–Crippen MR) is 123 cm³/mol. The fourth-order valence-corrected chi connectivity index (χ4v) is 4.12. The zero-order valence-electron chi connectivity index (χ0n) is 19.6. The van der Waals surface area contributed by atoms with Crippen molar-refractivity contribution in [1.29, 1.82) is 0 Å². The Balaban J connectivity index is 1.78. The number of amides is 1. The molecule has 7 nitrogen and oxygen atoms in total. The highest BCUT2D eigenvalue weighted by atomic mass is 19.4. The van der Waals surface area contributed by atoms with Gasteiger partial charge in [-0.05, 0) is 48.2 Å². The van der Waals surface area contributed by atoms with Crippen LogP contribution in [0.25, 0.3) is 0 Å². The molecule has 1 aromatic heterocycles. The average molecular weight is 497 g/mol. The van der Waals surface area contributed by atoms with E-state index >= 15 is 0 Å². The first-order chi connectivity index (χ1) is 17.0. The van der Waals surface area contributed by atoms with Crippen molar-refractivity contribution >= 4 is 23.3 Å². The SMILES string of the molecule is Cc1ccc(N2C(=O)C(=O)C(C(=O)c3ccc(C(C)C)cc3)[C@H]2c2ccc(OC(F)(F)F)cc2)nn1. The number of ether oxygens (including phenoxy) is 1. The lowest BCUT2D eigenvalue weighted by Crippen LogP contribution is -2.31. The molecule has 2 atom stereocenters. The molecule has 1 saturated heterocycles. The van der Waals surface area contributed by atoms with E-state index in [9.17, 15) is 27.6 Å². The van der Waals surface area contributed by atoms with Gasteiger partial charge >= 0.3 is 6.36 Å². The molecule has 36 heavy (non-hydrogen) atoms. The van der Waals surface area contributed by atoms with Crippen LogP contribution < -0.4 is 9.64 Å². The molecule has 0 spiro atoms. The summed E-state index contributed by atoms with van der Waals surface area (Å²) in [4.78, 5) is 40.9. The third-order valence-corrected chi connectivity index (χ3v) is 5.94. The van der Waals surface area contributed by atoms with E-state index in [1.165, 1.54) is 18.2 Å². The minimum Gasteiger partial charge on any atom is -0.406 e. The van der Waals surface area contributed by atoms with Gasteiger partial charge in [-0.15, -0.1) is 18.3 Å². The van der Waals surface area contributed by atoms with Gasteiger partial charge in [-0.3, -0.25) is 19.3 Å². The molecule has 1 amide bonds. The first kappa shape index (κ1) is 25.0. The second kappa shape index (κ2) is 9.52. The largest absolute Gasteiger partial charge is 0.573 e. The molecule has 0 saturated carbocycles. The molecule has 0 radical (unpaired) electrons. The van der Waals surface area contributed by atoms with Gasteiger partial charge in [0, 0.05) is 5.56 Å². The van der Waals surface area contributed by atoms with Gasteiger partial charge in [-0.1, -0.05) is 50.2 Å². The number of halogens is 3. The Labute approximate surface area is 204 Å². The van der Waals surface area contributed by atoms with E-state index in [0.29, 0.717) is 5.69 Å². The van der Waals surface area contributed by atoms with Crippen LogP contribution >= 0.6 is 0 Å². The number of ketones is 2. The molecule has 2 aromatic carbocycles. The number of aryl methyl sites for hydroxylation is 1. The number of Topliss-reactive ketones (excluding diaryl/α,β-unsaturated/α-hetero) is 2. The van der Waals surface area contributed by atoms with Crippen LogP contribution in [0.1, 0.15) is 53.0 Å². The van der Waals surface area contributed by atoms with Crippen LogP contribution in [-0.4, -0.2) is 34.0 Å². The lowest BCUT2D eigenvalue weighted by Gasteiger charge is -2.26. The van der Waals surface area contributed by atoms with E-state index in [1.807, 2.05) is 13.8 Å². The van der Waals surface area contributed by atoms with Crippen LogP contribution in [0.4, 0.5) is 19.0 Å². The van der Waals surface area contributed by atoms with Crippen LogP contribution in [0.5, 0.6) is 5.75 Å². The Morgan fingerprint density at radius 1 is 0.944 bits per heavy atom. The summed E-state index contributed by atoms with van der Waals surface area (Å²) in [5.41, 5.74) is 2.07. The average Bonchev–Trinajstić information content (AvgIpc) is 3.09. The number of hydrogen-bond acceptors (Lipinski definition) is 6. The van der Waals surface area contributed by atoms with Gasteiger partial charge in [0.05, 0.1) is 11.7 Å². The fourth-order valence-electron chi connectivity index (χ4n) is 4.12. The second-order valence-corrected chi connectivity index (χ2v) is 8.75. The van der Waals surface area contributed by atoms with Crippen LogP contribution in [0, 0.1) is 12.8 Å². The summed E-state index contributed by atoms with van der Waals surface area (Å²) < 4.78 is 41.8. The number of rotatable bonds is 6. The monoisotopic (exact) mass is 497 g/mol. The van der Waals surface area contributed by atoms with E-state index in [4.69, 9.17) is 0 Å². The Hall–Kier alpha value is -4.08. The lowest BCUT2D eigenvalue weighted by atomic mass is 9.86. The van der Waals surface area contributed by atoms with Crippen molar-refractivity contribution < 1.29 is 32.3 Å². The number of nitrogens with zero attached hydrogens (tertiary/aromatic N) is 3. The van der Waals surface area contributed by atoms with Gasteiger partial charge in [0.15, 0.2) is 11.6 Å². The molecule has 10 heteroatoms. The van der Waals surface area contributed by atoms with Crippen LogP contribution in [0.3, 0.4) is 0 Å². The maximum absolute atomic E-state index is 13.5. The van der Waals surface area contributed by atoms with Crippen molar-refractivity contribution in [2.45, 2.75) is 39.1 Å². The van der Waals surface area contributed by atoms with Crippen LogP contribution in [-0.2, 0) is 9.59 Å². The first-order valence-corrected chi connectivity index (χ1v) is 11.1. The molecule has 1 aliphatic heterocycles. The van der Waals surface area contributed by atoms with E-state index in [0.717, 1.165) is 22.6 Å². The topological polar surface area (TPSA) is 89.5 Å². The third kappa shape index (κ3) is 4.98. The van der Waals surface area contributed by atoms with Crippen molar-refractivity contribution in [1.82, 2.24) is 10.2 Å². The van der Waals surface area contributed by atoms with Gasteiger partial charge < -0.3 is 4.74 Å². The zero-order chi connectivity index (χ0) is 26.2. The molecule has 1 unspecified atom stereocenters. The summed E-state index contributed by atoms with van der Waals surface area (Å²) in [6.07, 6.45) is -4.88. The number of benzene rings is 2. The molecular formula is C26H22F3N3O4. The highest BCUT2D eigenvalue weighted by Gasteiger charge is 2.53. The van der Waals surface area contributed by atoms with E-state index in [-0.39, 0.29) is 22.9 Å². The van der Waals surface area contributed by atoms with Crippen molar-refractivity contribution in [3.8, 4) is 5.75 Å². The smallest absolute Gasteiger partial charge is 0.406 e. The highest BCUT2D eigenvalue weighted by molar-refractivity contribution is 6.48. The lowest BCUT2D eigenvalue weighted by molar-refractivity contribution is -0.274. The summed E-state index contributed by atoms with van der Waals surface area (Å²) in [7, 11) is 0. The normalized spacial score (nSPS) is 18.1. The van der Waals surface area contributed by atoms with Gasteiger partial charge in [-0.2, -0.15) is 5.10 Å². The number of aromatic nitrogens is 2. The van der Waals surface area contributed by atoms with Gasteiger partial charge in [0.25, 0.3) is 5.91 Å². The summed E-state index contributed by atoms with van der Waals surface area (Å²) >= 11 is 0. The Morgan fingerprint density at radius 2 is 1.58 bits per heavy atom. The van der Waals surface area contributed by atoms with Crippen molar-refractivity contribution in [2.75, 3.05) is 4.90 Å². The zero-order valence-corrected chi connectivity index (χ0v) is 19.6. The first-order valence-electron chi connectivity index (χ1n) is 11.1. The molecular weight excluding hydrogens is 475 g/mol. The van der Waals surface area contributed by atoms with Gasteiger partial charge in [0.1, 0.15) is 11.7 Å². The molecule has 3 aromatic rings. The standard InChI is InChI=1S/C26H22F3N3O4/c1-14(2)16-5-7-18(8-6-16)23(33)21-22(17-9-11-19(12-10-17)36-26(27,28)29)32(25(35)24(21)34)20-13-4-15(3)30-31-20/h4-14,21-22H,1-3H3/t21?,22-/m1/s1. The maximum Gasteiger partial charge on any atom is 0.573 e. The third-order valence-electron chi connectivity index (χ3n) is 5.94. The Bertz CT molecular complexity index is 1290. The summed E-state index contributed by atoms with van der Waals surface area (Å²) in [5.74, 6) is -4.10. The Kier molecular flexibility index (Phi) is 6.62. The number of alkyl halides is 3. The predicted octanol–water partition coefficient (Wildman–Crippen LogP) is 4.96. The van der Waals surface area contributed by atoms with Crippen molar-refractivity contribution in [3.05, 3.63) is 83.0 Å². The number of anilines is 1. The molecule has 186 valence electrons. The van der Waals surface area contributed by atoms with Gasteiger partial charge in [-0.25, -0.2) is 0 Å². The number of carbonyl (C=O) groups excluding carboxylic acids is 3. The van der Waals surface area contributed by atoms with E-state index in [1.54, 1.807) is 37.3 Å². The Morgan fingerprint density at radius 3 is 2.11 bits per heavy atom. The molecule has 0 aliphatic carbocycles. The second-order valence-electron chi connectivity index (χ2n) is 8.75. The molecule has 2 heterocycles.